The second-order valence-corrected chi connectivity index (χ2v) is 14.3. The first-order valence-electron chi connectivity index (χ1n) is 18.3. The molecular weight excluding hydrogens is 1020 g/mol. The van der Waals surface area contributed by atoms with Crippen molar-refractivity contribution in [2.24, 2.45) is 0 Å². The summed E-state index contributed by atoms with van der Waals surface area (Å²) in [5.41, 5.74) is -3.91. The van der Waals surface area contributed by atoms with Crippen molar-refractivity contribution in [3.8, 4) is 34.8 Å². The number of anilines is 2. The minimum Gasteiger partial charge on any atom is -0.457 e. The molecule has 0 aliphatic carbocycles. The quantitative estimate of drug-likeness (QED) is 0.105. The Morgan fingerprint density at radius 3 is 1.16 bits per heavy atom. The summed E-state index contributed by atoms with van der Waals surface area (Å²) in [6.07, 6.45) is -16.9. The molecule has 0 aromatic carbocycles. The average Bonchev–Trinajstić information content (AvgIpc) is 3.50. The molecular formula is C34H23F23N10O2. The van der Waals surface area contributed by atoms with Crippen LogP contribution in [0, 0.1) is 0 Å². The van der Waals surface area contributed by atoms with Gasteiger partial charge in [-0.2, -0.15) is 122 Å². The van der Waals surface area contributed by atoms with E-state index in [0.29, 0.717) is 30.6 Å². The van der Waals surface area contributed by atoms with Crippen molar-refractivity contribution in [3.05, 3.63) is 48.0 Å². The molecule has 35 heteroatoms. The molecule has 0 spiro atoms. The van der Waals surface area contributed by atoms with E-state index in [4.69, 9.17) is 4.74 Å². The van der Waals surface area contributed by atoms with Crippen LogP contribution in [0.3, 0.4) is 0 Å². The van der Waals surface area contributed by atoms with Crippen LogP contribution >= 0.6 is 0 Å². The van der Waals surface area contributed by atoms with Gasteiger partial charge in [0, 0.05) is 56.6 Å². The number of aromatic nitrogens is 8. The lowest BCUT2D eigenvalue weighted by Crippen LogP contribution is -2.70. The average molecular weight is 1040 g/mol. The van der Waals surface area contributed by atoms with Crippen LogP contribution in [0.5, 0.6) is 12.0 Å². The van der Waals surface area contributed by atoms with Gasteiger partial charge in [0.25, 0.3) is 0 Å². The van der Waals surface area contributed by atoms with E-state index in [1.807, 2.05) is 0 Å². The van der Waals surface area contributed by atoms with Crippen LogP contribution in [-0.4, -0.2) is 127 Å². The summed E-state index contributed by atoms with van der Waals surface area (Å²) in [5.74, 6) is -51.5. The molecule has 1 fully saturated rings. The third-order valence-electron chi connectivity index (χ3n) is 9.30. The van der Waals surface area contributed by atoms with Gasteiger partial charge in [-0.15, -0.1) is 0 Å². The van der Waals surface area contributed by atoms with Crippen LogP contribution in [-0.2, 0) is 12.4 Å². The van der Waals surface area contributed by atoms with Gasteiger partial charge in [-0.25, -0.2) is 8.78 Å². The highest BCUT2D eigenvalue weighted by Crippen LogP contribution is 2.60. The molecule has 4 aromatic rings. The molecule has 5 rings (SSSR count). The van der Waals surface area contributed by atoms with E-state index in [9.17, 15) is 101 Å². The molecule has 0 saturated carbocycles. The van der Waals surface area contributed by atoms with Gasteiger partial charge in [-0.05, 0) is 30.7 Å². The zero-order chi connectivity index (χ0) is 52.2. The van der Waals surface area contributed by atoms with Gasteiger partial charge in [0.15, 0.2) is 24.9 Å². The van der Waals surface area contributed by atoms with E-state index in [0.717, 1.165) is 15.9 Å². The van der Waals surface area contributed by atoms with Gasteiger partial charge in [-0.3, -0.25) is 9.97 Å². The molecule has 12 nitrogen and oxygen atoms in total. The maximum absolute atomic E-state index is 14.7. The fraction of sp³-hybridized carbons (Fsp3) is 0.529. The first-order chi connectivity index (χ1) is 31.2. The first kappa shape index (κ1) is 53.9. The van der Waals surface area contributed by atoms with Crippen molar-refractivity contribution >= 4 is 11.9 Å². The molecule has 0 bridgehead atoms. The van der Waals surface area contributed by atoms with Crippen molar-refractivity contribution in [3.63, 3.8) is 0 Å². The smallest absolute Gasteiger partial charge is 0.457 e. The monoisotopic (exact) mass is 1040 g/mol. The first-order valence-corrected chi connectivity index (χ1v) is 18.3. The van der Waals surface area contributed by atoms with E-state index in [2.05, 4.69) is 44.6 Å². The molecule has 4 aromatic heterocycles. The number of hydrogen-bond donors (Lipinski definition) is 0. The van der Waals surface area contributed by atoms with Crippen molar-refractivity contribution in [1.82, 2.24) is 39.9 Å². The van der Waals surface area contributed by atoms with Crippen molar-refractivity contribution in [2.45, 2.75) is 73.3 Å². The van der Waals surface area contributed by atoms with Gasteiger partial charge in [-0.1, -0.05) is 0 Å². The van der Waals surface area contributed by atoms with Gasteiger partial charge >= 0.3 is 72.0 Å². The fourth-order valence-corrected chi connectivity index (χ4v) is 5.40. The molecule has 0 amide bonds. The van der Waals surface area contributed by atoms with Crippen LogP contribution < -0.4 is 19.3 Å². The second-order valence-electron chi connectivity index (χ2n) is 14.3. The summed E-state index contributed by atoms with van der Waals surface area (Å²) in [4.78, 5) is 30.7. The maximum Gasteiger partial charge on any atom is 0.460 e. The molecule has 0 atom stereocenters. The predicted octanol–water partition coefficient (Wildman–Crippen LogP) is 9.72. The number of rotatable bonds is 15. The summed E-state index contributed by atoms with van der Waals surface area (Å²) >= 11 is 0. The Hall–Kier alpha value is -6.09. The highest BCUT2D eigenvalue weighted by Gasteiger charge is 2.90. The van der Waals surface area contributed by atoms with Crippen molar-refractivity contribution in [1.29, 1.82) is 0 Å². The third-order valence-corrected chi connectivity index (χ3v) is 9.30. The summed E-state index contributed by atoms with van der Waals surface area (Å²) in [6.45, 7) is -7.03. The Kier molecular flexibility index (Phi) is 14.1. The van der Waals surface area contributed by atoms with E-state index in [1.165, 1.54) is 0 Å². The molecule has 69 heavy (non-hydrogen) atoms. The van der Waals surface area contributed by atoms with Crippen LogP contribution in [0.2, 0.25) is 0 Å². The number of halogens is 23. The van der Waals surface area contributed by atoms with Crippen molar-refractivity contribution in [2.75, 3.05) is 49.2 Å². The van der Waals surface area contributed by atoms with Crippen LogP contribution in [0.15, 0.2) is 36.7 Å². The zero-order valence-electron chi connectivity index (χ0n) is 33.4. The van der Waals surface area contributed by atoms with E-state index < -0.39 is 139 Å². The Bertz CT molecular complexity index is 2430. The number of alkyl halides is 23. The van der Waals surface area contributed by atoms with Gasteiger partial charge in [0.2, 0.25) is 11.9 Å². The molecule has 1 aliphatic heterocycles. The predicted molar refractivity (Wildman–Crippen MR) is 183 cm³/mol. The number of ether oxygens (including phenoxy) is 2. The number of hydrogen-bond acceptors (Lipinski definition) is 12. The summed E-state index contributed by atoms with van der Waals surface area (Å²) in [7, 11) is 0. The van der Waals surface area contributed by atoms with E-state index in [-0.39, 0.29) is 32.0 Å². The van der Waals surface area contributed by atoms with E-state index in [1.54, 1.807) is 0 Å². The van der Waals surface area contributed by atoms with Crippen LogP contribution in [0.1, 0.15) is 24.7 Å². The Morgan fingerprint density at radius 1 is 0.449 bits per heavy atom. The molecule has 5 heterocycles. The van der Waals surface area contributed by atoms with Crippen molar-refractivity contribution < 1.29 is 110 Å². The highest BCUT2D eigenvalue weighted by molar-refractivity contribution is 5.57. The molecule has 0 unspecified atom stereocenters. The SMILES string of the molecule is CC(F)(F)C(F)(F)COc1nc(-c2ccc(C(F)(F)F)nc2)nc(N2CCCN(c3nc(OCC(F)(F)C(F)(F)C(F)(F)C(F)(F)C(F)(F)C(F)(F)F)nc(-c4ccc(C(F)(F)F)nc4)n3)CC2)n1. The minimum absolute atomic E-state index is 0.154. The number of pyridine rings is 2. The van der Waals surface area contributed by atoms with Crippen LogP contribution in [0.4, 0.5) is 113 Å². The summed E-state index contributed by atoms with van der Waals surface area (Å²) < 4.78 is 322. The standard InChI is InChI=1S/C34H23F23N10O2/c1-25(35,36)26(37,38)13-68-23-62-19(15-3-5-17(58-11-15)28(41,42)43)60-21(64-23)66-7-2-8-67(10-9-66)22-61-20(16-4-6-18(59-12-16)29(44,45)46)63-24(65-22)69-14-27(39,40)30(47,48)31(49,50)32(51,52)33(53,54)34(55,56)57/h3-6,11-12H,2,7-10,13-14H2,1H3. The third kappa shape index (κ3) is 10.9. The van der Waals surface area contributed by atoms with Gasteiger partial charge < -0.3 is 19.3 Å². The van der Waals surface area contributed by atoms with Gasteiger partial charge in [0.1, 0.15) is 11.4 Å². The summed E-state index contributed by atoms with van der Waals surface area (Å²) in [6, 6.07) is -0.662. The summed E-state index contributed by atoms with van der Waals surface area (Å²) in [5, 5.41) is 0. The van der Waals surface area contributed by atoms with Gasteiger partial charge in [0.05, 0.1) is 0 Å². The molecule has 1 saturated heterocycles. The minimum atomic E-state index is -8.24. The lowest BCUT2D eigenvalue weighted by Gasteiger charge is -2.39. The normalized spacial score (nSPS) is 15.6. The zero-order valence-corrected chi connectivity index (χ0v) is 33.4. The highest BCUT2D eigenvalue weighted by atomic mass is 19.4. The Balaban J connectivity index is 1.49. The molecule has 382 valence electrons. The fourth-order valence-electron chi connectivity index (χ4n) is 5.40. The second kappa shape index (κ2) is 18.0. The largest absolute Gasteiger partial charge is 0.460 e. The Labute approximate surface area is 367 Å². The lowest BCUT2D eigenvalue weighted by molar-refractivity contribution is -0.440. The van der Waals surface area contributed by atoms with E-state index >= 15 is 0 Å². The Morgan fingerprint density at radius 2 is 0.826 bits per heavy atom. The van der Waals surface area contributed by atoms with Crippen LogP contribution in [0.25, 0.3) is 22.8 Å². The molecule has 1 aliphatic rings. The maximum atomic E-state index is 14.7. The topological polar surface area (TPSA) is 128 Å². The lowest BCUT2D eigenvalue weighted by atomic mass is 9.94. The number of nitrogens with zero attached hydrogens (tertiary/aromatic N) is 10. The molecule has 0 N–H and O–H groups in total. The molecule has 0 radical (unpaired) electrons.